The highest BCUT2D eigenvalue weighted by Crippen LogP contribution is 2.28. The van der Waals surface area contributed by atoms with Crippen LogP contribution in [0, 0.1) is 0 Å². The van der Waals surface area contributed by atoms with Crippen molar-refractivity contribution in [3.8, 4) is 0 Å². The van der Waals surface area contributed by atoms with E-state index in [0.717, 1.165) is 30.5 Å². The third-order valence-corrected chi connectivity index (χ3v) is 2.68. The predicted molar refractivity (Wildman–Crippen MR) is 51.9 cm³/mol. The number of amides is 1. The van der Waals surface area contributed by atoms with Crippen molar-refractivity contribution >= 4 is 5.91 Å². The zero-order chi connectivity index (χ0) is 10.1. The van der Waals surface area contributed by atoms with Gasteiger partial charge in [-0.2, -0.15) is 0 Å². The van der Waals surface area contributed by atoms with Crippen LogP contribution >= 0.6 is 0 Å². The van der Waals surface area contributed by atoms with Crippen LogP contribution in [0.1, 0.15) is 30.0 Å². The normalized spacial score (nSPS) is 20.1. The molecule has 0 fully saturated rings. The van der Waals surface area contributed by atoms with Crippen LogP contribution in [0.25, 0.3) is 0 Å². The molecule has 4 nitrogen and oxygen atoms in total. The Bertz CT molecular complexity index is 422. The average molecular weight is 192 g/mol. The monoisotopic (exact) mass is 192 g/mol. The molecule has 1 aliphatic rings. The lowest BCUT2D eigenvalue weighted by molar-refractivity contribution is -0.119. The van der Waals surface area contributed by atoms with Crippen molar-refractivity contribution < 1.29 is 4.79 Å². The van der Waals surface area contributed by atoms with Crippen molar-refractivity contribution in [2.24, 2.45) is 5.73 Å². The smallest absolute Gasteiger partial charge is 0.248 e. The highest BCUT2D eigenvalue weighted by molar-refractivity contribution is 5.82. The van der Waals surface area contributed by atoms with E-state index in [2.05, 4.69) is 4.98 Å². The van der Waals surface area contributed by atoms with E-state index >= 15 is 0 Å². The molecule has 1 aromatic rings. The molecule has 0 radical (unpaired) electrons. The molecule has 1 atom stereocenters. The first-order chi connectivity index (χ1) is 6.68. The second-order valence-corrected chi connectivity index (χ2v) is 3.60. The Morgan fingerprint density at radius 1 is 1.50 bits per heavy atom. The van der Waals surface area contributed by atoms with E-state index in [-0.39, 0.29) is 17.4 Å². The molecular weight excluding hydrogens is 180 g/mol. The van der Waals surface area contributed by atoms with Gasteiger partial charge in [0.2, 0.25) is 11.5 Å². The van der Waals surface area contributed by atoms with E-state index in [1.165, 1.54) is 6.07 Å². The summed E-state index contributed by atoms with van der Waals surface area (Å²) >= 11 is 0. The predicted octanol–water partition coefficient (Wildman–Crippen LogP) is 0.280. The number of hydrogen-bond acceptors (Lipinski definition) is 2. The number of carbonyl (C=O) groups excluding carboxylic acids is 1. The van der Waals surface area contributed by atoms with Gasteiger partial charge in [0.05, 0.1) is 5.92 Å². The standard InChI is InChI=1S/C10H12N2O2/c11-10(14)7-2-1-3-8-6(7)4-5-9(13)12-8/h4-5,7H,1-3H2,(H2,11,14)(H,12,13). The molecule has 1 aromatic heterocycles. The number of primary amides is 1. The van der Waals surface area contributed by atoms with Crippen molar-refractivity contribution in [3.63, 3.8) is 0 Å². The number of aryl methyl sites for hydroxylation is 1. The molecule has 1 amide bonds. The van der Waals surface area contributed by atoms with Gasteiger partial charge in [-0.25, -0.2) is 0 Å². The fourth-order valence-electron chi connectivity index (χ4n) is 2.00. The van der Waals surface area contributed by atoms with Gasteiger partial charge in [0, 0.05) is 11.8 Å². The van der Waals surface area contributed by atoms with Gasteiger partial charge >= 0.3 is 0 Å². The Hall–Kier alpha value is -1.58. The molecule has 4 heteroatoms. The number of aromatic amines is 1. The molecule has 1 heterocycles. The van der Waals surface area contributed by atoms with E-state index in [4.69, 9.17) is 5.73 Å². The summed E-state index contributed by atoms with van der Waals surface area (Å²) in [6.45, 7) is 0. The van der Waals surface area contributed by atoms with Gasteiger partial charge in [0.15, 0.2) is 0 Å². The van der Waals surface area contributed by atoms with Crippen LogP contribution in [0.5, 0.6) is 0 Å². The molecule has 0 bridgehead atoms. The van der Waals surface area contributed by atoms with Gasteiger partial charge in [-0.1, -0.05) is 6.07 Å². The minimum absolute atomic E-state index is 0.117. The second-order valence-electron chi connectivity index (χ2n) is 3.60. The molecule has 1 aliphatic carbocycles. The maximum Gasteiger partial charge on any atom is 0.248 e. The summed E-state index contributed by atoms with van der Waals surface area (Å²) in [5.74, 6) is -0.534. The van der Waals surface area contributed by atoms with Crippen LogP contribution in [0.3, 0.4) is 0 Å². The number of hydrogen-bond donors (Lipinski definition) is 2. The van der Waals surface area contributed by atoms with E-state index < -0.39 is 0 Å². The molecule has 74 valence electrons. The molecule has 0 saturated heterocycles. The Labute approximate surface area is 81.1 Å². The molecule has 14 heavy (non-hydrogen) atoms. The number of H-pyrrole nitrogens is 1. The van der Waals surface area contributed by atoms with Crippen molar-refractivity contribution in [2.75, 3.05) is 0 Å². The number of fused-ring (bicyclic) bond motifs is 1. The topological polar surface area (TPSA) is 76.0 Å². The lowest BCUT2D eigenvalue weighted by Gasteiger charge is -2.21. The molecule has 0 aromatic carbocycles. The first-order valence-corrected chi connectivity index (χ1v) is 4.70. The van der Waals surface area contributed by atoms with E-state index in [1.54, 1.807) is 6.07 Å². The minimum Gasteiger partial charge on any atom is -0.369 e. The van der Waals surface area contributed by atoms with E-state index in [9.17, 15) is 9.59 Å². The maximum atomic E-state index is 11.1. The zero-order valence-electron chi connectivity index (χ0n) is 7.75. The van der Waals surface area contributed by atoms with E-state index in [0.29, 0.717) is 0 Å². The number of rotatable bonds is 1. The molecule has 0 saturated carbocycles. The van der Waals surface area contributed by atoms with Crippen LogP contribution in [-0.2, 0) is 11.2 Å². The minimum atomic E-state index is -0.307. The molecule has 1 unspecified atom stereocenters. The Balaban J connectivity index is 2.50. The van der Waals surface area contributed by atoms with Gasteiger partial charge in [0.1, 0.15) is 0 Å². The van der Waals surface area contributed by atoms with Crippen LogP contribution in [0.15, 0.2) is 16.9 Å². The third kappa shape index (κ3) is 1.43. The fraction of sp³-hybridized carbons (Fsp3) is 0.400. The van der Waals surface area contributed by atoms with Crippen molar-refractivity contribution in [1.82, 2.24) is 4.98 Å². The Morgan fingerprint density at radius 2 is 2.29 bits per heavy atom. The number of nitrogens with one attached hydrogen (secondary N) is 1. The first kappa shape index (κ1) is 8.99. The molecular formula is C10H12N2O2. The maximum absolute atomic E-state index is 11.1. The van der Waals surface area contributed by atoms with Gasteiger partial charge in [0.25, 0.3) is 0 Å². The SMILES string of the molecule is NC(=O)C1CCCc2[nH]c(=O)ccc21. The zero-order valence-corrected chi connectivity index (χ0v) is 7.75. The largest absolute Gasteiger partial charge is 0.369 e. The summed E-state index contributed by atoms with van der Waals surface area (Å²) in [6, 6.07) is 3.16. The van der Waals surface area contributed by atoms with Gasteiger partial charge in [-0.05, 0) is 24.8 Å². The average Bonchev–Trinajstić information content (AvgIpc) is 2.16. The fourth-order valence-corrected chi connectivity index (χ4v) is 2.00. The van der Waals surface area contributed by atoms with Crippen LogP contribution in [0.4, 0.5) is 0 Å². The van der Waals surface area contributed by atoms with Gasteiger partial charge in [-0.3, -0.25) is 9.59 Å². The van der Waals surface area contributed by atoms with Crippen molar-refractivity contribution in [1.29, 1.82) is 0 Å². The molecule has 0 spiro atoms. The first-order valence-electron chi connectivity index (χ1n) is 4.70. The van der Waals surface area contributed by atoms with Crippen LogP contribution in [0.2, 0.25) is 0 Å². The van der Waals surface area contributed by atoms with Gasteiger partial charge < -0.3 is 10.7 Å². The number of pyridine rings is 1. The lowest BCUT2D eigenvalue weighted by Crippen LogP contribution is -2.27. The van der Waals surface area contributed by atoms with Gasteiger partial charge in [-0.15, -0.1) is 0 Å². The molecule has 0 aliphatic heterocycles. The summed E-state index contributed by atoms with van der Waals surface area (Å²) < 4.78 is 0. The van der Waals surface area contributed by atoms with Crippen LogP contribution < -0.4 is 11.3 Å². The Kier molecular flexibility index (Phi) is 2.11. The van der Waals surface area contributed by atoms with E-state index in [1.807, 2.05) is 0 Å². The summed E-state index contributed by atoms with van der Waals surface area (Å²) in [7, 11) is 0. The third-order valence-electron chi connectivity index (χ3n) is 2.68. The summed E-state index contributed by atoms with van der Waals surface area (Å²) in [5, 5.41) is 0. The Morgan fingerprint density at radius 3 is 3.00 bits per heavy atom. The summed E-state index contributed by atoms with van der Waals surface area (Å²) in [5.41, 5.74) is 6.93. The quantitative estimate of drug-likeness (QED) is 0.670. The van der Waals surface area contributed by atoms with Crippen molar-refractivity contribution in [3.05, 3.63) is 33.7 Å². The molecule has 3 N–H and O–H groups in total. The molecule has 2 rings (SSSR count). The highest BCUT2D eigenvalue weighted by Gasteiger charge is 2.24. The highest BCUT2D eigenvalue weighted by atomic mass is 16.1. The lowest BCUT2D eigenvalue weighted by atomic mass is 9.85. The summed E-state index contributed by atoms with van der Waals surface area (Å²) in [4.78, 5) is 24.9. The number of nitrogens with two attached hydrogens (primary N) is 1. The van der Waals surface area contributed by atoms with Crippen molar-refractivity contribution in [2.45, 2.75) is 25.2 Å². The number of aromatic nitrogens is 1. The number of carbonyl (C=O) groups is 1. The summed E-state index contributed by atoms with van der Waals surface area (Å²) in [6.07, 6.45) is 2.52. The van der Waals surface area contributed by atoms with Crippen LogP contribution in [-0.4, -0.2) is 10.9 Å². The second kappa shape index (κ2) is 3.29.